The first kappa shape index (κ1) is 9.10. The average molecular weight is 144 g/mol. The Morgan fingerprint density at radius 1 is 1.70 bits per heavy atom. The van der Waals surface area contributed by atoms with E-state index in [9.17, 15) is 9.59 Å². The number of nitrogens with zero attached hydrogens (tertiary/aromatic N) is 1. The fourth-order valence-corrected chi connectivity index (χ4v) is 0.517. The van der Waals surface area contributed by atoms with E-state index in [-0.39, 0.29) is 5.91 Å². The molecule has 0 heterocycles. The first-order valence-electron chi connectivity index (χ1n) is 3.09. The van der Waals surface area contributed by atoms with Gasteiger partial charge in [-0.3, -0.25) is 14.5 Å². The van der Waals surface area contributed by atoms with E-state index in [1.54, 1.807) is 7.05 Å². The van der Waals surface area contributed by atoms with Gasteiger partial charge in [0, 0.05) is 20.0 Å². The van der Waals surface area contributed by atoms with E-state index in [1.807, 2.05) is 0 Å². The molecular formula is C6H12N2O2. The summed E-state index contributed by atoms with van der Waals surface area (Å²) < 4.78 is 0. The van der Waals surface area contributed by atoms with E-state index in [2.05, 4.69) is 5.32 Å². The van der Waals surface area contributed by atoms with Crippen molar-refractivity contribution in [2.24, 2.45) is 0 Å². The van der Waals surface area contributed by atoms with Crippen LogP contribution in [0, 0.1) is 0 Å². The summed E-state index contributed by atoms with van der Waals surface area (Å²) in [6.07, 6.45) is 0.541. The Morgan fingerprint density at radius 3 is 2.60 bits per heavy atom. The molecule has 0 aromatic rings. The molecule has 0 aromatic carbocycles. The second kappa shape index (κ2) is 4.93. The minimum atomic E-state index is -0.217. The summed E-state index contributed by atoms with van der Waals surface area (Å²) in [5.41, 5.74) is 0. The van der Waals surface area contributed by atoms with Crippen LogP contribution < -0.4 is 5.32 Å². The van der Waals surface area contributed by atoms with Crippen LogP contribution in [0.15, 0.2) is 0 Å². The molecule has 0 aliphatic rings. The van der Waals surface area contributed by atoms with Crippen molar-refractivity contribution < 1.29 is 9.59 Å². The molecule has 4 nitrogen and oxygen atoms in total. The maximum absolute atomic E-state index is 10.5. The van der Waals surface area contributed by atoms with Crippen molar-refractivity contribution in [3.8, 4) is 0 Å². The Balaban J connectivity index is 3.60. The molecule has 0 aromatic heterocycles. The van der Waals surface area contributed by atoms with Gasteiger partial charge in [0.1, 0.15) is 0 Å². The number of imide groups is 1. The van der Waals surface area contributed by atoms with E-state index < -0.39 is 0 Å². The average Bonchev–Trinajstić information content (AvgIpc) is 1.89. The number of amides is 2. The zero-order chi connectivity index (χ0) is 7.98. The van der Waals surface area contributed by atoms with Crippen molar-refractivity contribution in [2.75, 3.05) is 20.1 Å². The number of likely N-dealkylation sites (N-methyl/N-ethyl adjacent to an activating group) is 1. The molecule has 58 valence electrons. The van der Waals surface area contributed by atoms with Gasteiger partial charge in [-0.25, -0.2) is 0 Å². The summed E-state index contributed by atoms with van der Waals surface area (Å²) in [4.78, 5) is 21.8. The number of carbonyl (C=O) groups is 2. The topological polar surface area (TPSA) is 49.4 Å². The highest BCUT2D eigenvalue weighted by Crippen LogP contribution is 1.80. The monoisotopic (exact) mass is 144 g/mol. The van der Waals surface area contributed by atoms with E-state index in [4.69, 9.17) is 0 Å². The Morgan fingerprint density at radius 2 is 2.30 bits per heavy atom. The van der Waals surface area contributed by atoms with Crippen molar-refractivity contribution in [3.63, 3.8) is 0 Å². The molecule has 0 radical (unpaired) electrons. The third kappa shape index (κ3) is 3.19. The summed E-state index contributed by atoms with van der Waals surface area (Å²) in [6, 6.07) is 0. The molecule has 0 saturated carbocycles. The largest absolute Gasteiger partial charge is 0.318 e. The van der Waals surface area contributed by atoms with Gasteiger partial charge in [0.2, 0.25) is 12.3 Å². The summed E-state index contributed by atoms with van der Waals surface area (Å²) in [7, 11) is 1.77. The predicted molar refractivity (Wildman–Crippen MR) is 37.4 cm³/mol. The van der Waals surface area contributed by atoms with Crippen molar-refractivity contribution >= 4 is 12.3 Å². The summed E-state index contributed by atoms with van der Waals surface area (Å²) in [6.45, 7) is 2.44. The van der Waals surface area contributed by atoms with Gasteiger partial charge in [-0.05, 0) is 7.05 Å². The first-order valence-corrected chi connectivity index (χ1v) is 3.09. The maximum atomic E-state index is 10.5. The summed E-state index contributed by atoms with van der Waals surface area (Å²) >= 11 is 0. The van der Waals surface area contributed by atoms with E-state index >= 15 is 0 Å². The lowest BCUT2D eigenvalue weighted by molar-refractivity contribution is -0.136. The Hall–Kier alpha value is -0.900. The summed E-state index contributed by atoms with van der Waals surface area (Å²) in [5.74, 6) is -0.217. The smallest absolute Gasteiger partial charge is 0.225 e. The van der Waals surface area contributed by atoms with Crippen molar-refractivity contribution in [2.45, 2.75) is 6.92 Å². The van der Waals surface area contributed by atoms with E-state index in [1.165, 1.54) is 6.92 Å². The molecule has 0 spiro atoms. The molecule has 0 saturated heterocycles. The van der Waals surface area contributed by atoms with E-state index in [0.29, 0.717) is 19.5 Å². The Labute approximate surface area is 60.2 Å². The molecule has 0 atom stereocenters. The zero-order valence-electron chi connectivity index (χ0n) is 6.26. The molecule has 0 aliphatic carbocycles. The second-order valence-electron chi connectivity index (χ2n) is 1.92. The molecule has 1 N–H and O–H groups in total. The highest BCUT2D eigenvalue weighted by Gasteiger charge is 2.03. The van der Waals surface area contributed by atoms with Crippen LogP contribution in [-0.4, -0.2) is 37.4 Å². The summed E-state index contributed by atoms with van der Waals surface area (Å²) in [5, 5.41) is 2.83. The van der Waals surface area contributed by atoms with Gasteiger partial charge in [0.15, 0.2) is 0 Å². The SMILES string of the molecule is CNCCN(C=O)C(C)=O. The fourth-order valence-electron chi connectivity index (χ4n) is 0.517. The second-order valence-corrected chi connectivity index (χ2v) is 1.92. The third-order valence-electron chi connectivity index (χ3n) is 1.13. The van der Waals surface area contributed by atoms with Crippen LogP contribution in [0.1, 0.15) is 6.92 Å². The third-order valence-corrected chi connectivity index (χ3v) is 1.13. The van der Waals surface area contributed by atoms with Gasteiger partial charge in [-0.15, -0.1) is 0 Å². The van der Waals surface area contributed by atoms with Crippen LogP contribution in [0.4, 0.5) is 0 Å². The molecule has 0 unspecified atom stereocenters. The lowest BCUT2D eigenvalue weighted by Crippen LogP contribution is -2.33. The predicted octanol–water partition coefficient (Wildman–Crippen LogP) is -0.789. The standard InChI is InChI=1S/C6H12N2O2/c1-6(10)8(5-9)4-3-7-2/h5,7H,3-4H2,1-2H3. The van der Waals surface area contributed by atoms with Crippen LogP contribution in [-0.2, 0) is 9.59 Å². The first-order chi connectivity index (χ1) is 4.72. The highest BCUT2D eigenvalue weighted by atomic mass is 16.2. The van der Waals surface area contributed by atoms with Gasteiger partial charge in [0.05, 0.1) is 0 Å². The molecule has 0 rings (SSSR count). The van der Waals surface area contributed by atoms with Gasteiger partial charge < -0.3 is 5.32 Å². The fraction of sp³-hybridized carbons (Fsp3) is 0.667. The minimum absolute atomic E-state index is 0.217. The van der Waals surface area contributed by atoms with Crippen LogP contribution in [0.5, 0.6) is 0 Å². The number of nitrogens with one attached hydrogen (secondary N) is 1. The molecular weight excluding hydrogens is 132 g/mol. The van der Waals surface area contributed by atoms with Gasteiger partial charge >= 0.3 is 0 Å². The Bertz CT molecular complexity index is 125. The lowest BCUT2D eigenvalue weighted by atomic mass is 10.5. The van der Waals surface area contributed by atoms with Gasteiger partial charge in [-0.2, -0.15) is 0 Å². The number of carbonyl (C=O) groups excluding carboxylic acids is 2. The van der Waals surface area contributed by atoms with Crippen LogP contribution >= 0.6 is 0 Å². The number of hydrogen-bond acceptors (Lipinski definition) is 3. The minimum Gasteiger partial charge on any atom is -0.318 e. The Kier molecular flexibility index (Phi) is 4.49. The van der Waals surface area contributed by atoms with Gasteiger partial charge in [0.25, 0.3) is 0 Å². The highest BCUT2D eigenvalue weighted by molar-refractivity contribution is 5.83. The van der Waals surface area contributed by atoms with Crippen molar-refractivity contribution in [1.82, 2.24) is 10.2 Å². The van der Waals surface area contributed by atoms with Crippen LogP contribution in [0.2, 0.25) is 0 Å². The van der Waals surface area contributed by atoms with Crippen LogP contribution in [0.25, 0.3) is 0 Å². The molecule has 0 fully saturated rings. The van der Waals surface area contributed by atoms with Crippen molar-refractivity contribution in [3.05, 3.63) is 0 Å². The van der Waals surface area contributed by atoms with Gasteiger partial charge in [-0.1, -0.05) is 0 Å². The lowest BCUT2D eigenvalue weighted by Gasteiger charge is -2.11. The molecule has 10 heavy (non-hydrogen) atoms. The normalized spacial score (nSPS) is 9.00. The van der Waals surface area contributed by atoms with Crippen molar-refractivity contribution in [1.29, 1.82) is 0 Å². The zero-order valence-corrected chi connectivity index (χ0v) is 6.26. The number of rotatable bonds is 4. The molecule has 0 aliphatic heterocycles. The quantitative estimate of drug-likeness (QED) is 0.526. The maximum Gasteiger partial charge on any atom is 0.225 e. The molecule has 2 amide bonds. The molecule has 0 bridgehead atoms. The molecule has 4 heteroatoms. The van der Waals surface area contributed by atoms with Crippen LogP contribution in [0.3, 0.4) is 0 Å². The van der Waals surface area contributed by atoms with E-state index in [0.717, 1.165) is 4.90 Å². The number of hydrogen-bond donors (Lipinski definition) is 1.